The summed E-state index contributed by atoms with van der Waals surface area (Å²) in [5.41, 5.74) is 2.10. The van der Waals surface area contributed by atoms with Crippen molar-refractivity contribution < 1.29 is 0 Å². The SMILES string of the molecule is CC1(CN2CCc3ccsc3C2)CCNC1.Cl. The van der Waals surface area contributed by atoms with Gasteiger partial charge in [0.1, 0.15) is 0 Å². The summed E-state index contributed by atoms with van der Waals surface area (Å²) in [6, 6.07) is 2.30. The molecule has 0 spiro atoms. The molecule has 4 heteroatoms. The molecule has 1 aromatic heterocycles. The molecule has 0 amide bonds. The Balaban J connectivity index is 0.00000108. The van der Waals surface area contributed by atoms with Crippen molar-refractivity contribution in [3.05, 3.63) is 21.9 Å². The Morgan fingerprint density at radius 2 is 2.41 bits per heavy atom. The van der Waals surface area contributed by atoms with E-state index in [2.05, 4.69) is 28.6 Å². The van der Waals surface area contributed by atoms with Crippen molar-refractivity contribution in [2.75, 3.05) is 26.2 Å². The average molecular weight is 273 g/mol. The summed E-state index contributed by atoms with van der Waals surface area (Å²) in [4.78, 5) is 4.24. The molecule has 2 aliphatic rings. The highest BCUT2D eigenvalue weighted by molar-refractivity contribution is 7.10. The van der Waals surface area contributed by atoms with Crippen LogP contribution >= 0.6 is 23.7 Å². The highest BCUT2D eigenvalue weighted by Crippen LogP contribution is 2.30. The highest BCUT2D eigenvalue weighted by atomic mass is 35.5. The van der Waals surface area contributed by atoms with Crippen LogP contribution in [0.4, 0.5) is 0 Å². The fourth-order valence-electron chi connectivity index (χ4n) is 2.97. The molecule has 0 aromatic carbocycles. The lowest BCUT2D eigenvalue weighted by atomic mass is 9.88. The van der Waals surface area contributed by atoms with Crippen molar-refractivity contribution in [1.29, 1.82) is 0 Å². The Morgan fingerprint density at radius 1 is 1.53 bits per heavy atom. The van der Waals surface area contributed by atoms with Crippen LogP contribution in [0.25, 0.3) is 0 Å². The van der Waals surface area contributed by atoms with E-state index in [0.29, 0.717) is 5.41 Å². The van der Waals surface area contributed by atoms with E-state index in [1.165, 1.54) is 45.6 Å². The van der Waals surface area contributed by atoms with E-state index in [1.807, 2.05) is 11.3 Å². The molecule has 96 valence electrons. The van der Waals surface area contributed by atoms with Crippen LogP contribution in [0.3, 0.4) is 0 Å². The van der Waals surface area contributed by atoms with E-state index in [0.717, 1.165) is 0 Å². The highest BCUT2D eigenvalue weighted by Gasteiger charge is 2.31. The second-order valence-electron chi connectivity index (χ2n) is 5.57. The fourth-order valence-corrected chi connectivity index (χ4v) is 3.94. The predicted molar refractivity (Wildman–Crippen MR) is 76.1 cm³/mol. The number of hydrogen-bond acceptors (Lipinski definition) is 3. The normalized spacial score (nSPS) is 28.8. The Bertz CT molecular complexity index is 371. The first-order valence-corrected chi connectivity index (χ1v) is 7.12. The van der Waals surface area contributed by atoms with Gasteiger partial charge in [-0.25, -0.2) is 0 Å². The van der Waals surface area contributed by atoms with Gasteiger partial charge in [0, 0.05) is 31.1 Å². The molecule has 1 fully saturated rings. The number of hydrogen-bond donors (Lipinski definition) is 1. The first kappa shape index (κ1) is 13.3. The largest absolute Gasteiger partial charge is 0.316 e. The summed E-state index contributed by atoms with van der Waals surface area (Å²) in [7, 11) is 0. The van der Waals surface area contributed by atoms with Crippen LogP contribution < -0.4 is 5.32 Å². The Morgan fingerprint density at radius 3 is 3.18 bits per heavy atom. The Kier molecular flexibility index (Phi) is 4.14. The summed E-state index contributed by atoms with van der Waals surface area (Å²) < 4.78 is 0. The van der Waals surface area contributed by atoms with Gasteiger partial charge < -0.3 is 5.32 Å². The van der Waals surface area contributed by atoms with Crippen LogP contribution in [0.1, 0.15) is 23.8 Å². The third-order valence-electron chi connectivity index (χ3n) is 3.96. The number of thiophene rings is 1. The quantitative estimate of drug-likeness (QED) is 0.890. The van der Waals surface area contributed by atoms with Crippen molar-refractivity contribution in [2.24, 2.45) is 5.41 Å². The van der Waals surface area contributed by atoms with E-state index in [-0.39, 0.29) is 12.4 Å². The standard InChI is InChI=1S/C13H20N2S.ClH/c1-13(4-5-14-9-13)10-15-6-2-11-3-7-16-12(11)8-15;/h3,7,14H,2,4-6,8-10H2,1H3;1H. The first-order valence-electron chi connectivity index (χ1n) is 6.24. The maximum atomic E-state index is 3.49. The topological polar surface area (TPSA) is 15.3 Å². The van der Waals surface area contributed by atoms with Crippen LogP contribution in [-0.4, -0.2) is 31.1 Å². The fraction of sp³-hybridized carbons (Fsp3) is 0.692. The zero-order chi connectivity index (χ0) is 11.0. The molecular weight excluding hydrogens is 252 g/mol. The lowest BCUT2D eigenvalue weighted by Gasteiger charge is -2.34. The number of halogens is 1. The van der Waals surface area contributed by atoms with Gasteiger partial charge in [-0.05, 0) is 41.8 Å². The van der Waals surface area contributed by atoms with Crippen molar-refractivity contribution in [3.63, 3.8) is 0 Å². The van der Waals surface area contributed by atoms with Crippen LogP contribution in [0.2, 0.25) is 0 Å². The minimum atomic E-state index is 0. The van der Waals surface area contributed by atoms with Gasteiger partial charge >= 0.3 is 0 Å². The number of nitrogens with zero attached hydrogens (tertiary/aromatic N) is 1. The van der Waals surface area contributed by atoms with E-state index >= 15 is 0 Å². The Labute approximate surface area is 114 Å². The average Bonchev–Trinajstić information content (AvgIpc) is 2.86. The molecular formula is C13H21ClN2S. The third kappa shape index (κ3) is 2.84. The molecule has 0 bridgehead atoms. The zero-order valence-electron chi connectivity index (χ0n) is 10.4. The summed E-state index contributed by atoms with van der Waals surface area (Å²) in [6.45, 7) is 8.52. The van der Waals surface area contributed by atoms with Gasteiger partial charge in [-0.15, -0.1) is 23.7 Å². The summed E-state index contributed by atoms with van der Waals surface area (Å²) in [5.74, 6) is 0. The van der Waals surface area contributed by atoms with E-state index < -0.39 is 0 Å². The third-order valence-corrected chi connectivity index (χ3v) is 4.91. The molecule has 0 radical (unpaired) electrons. The molecule has 1 atom stereocenters. The number of rotatable bonds is 2. The zero-order valence-corrected chi connectivity index (χ0v) is 12.0. The van der Waals surface area contributed by atoms with Gasteiger partial charge in [-0.2, -0.15) is 0 Å². The molecule has 1 unspecified atom stereocenters. The van der Waals surface area contributed by atoms with Crippen LogP contribution in [0.15, 0.2) is 11.4 Å². The smallest absolute Gasteiger partial charge is 0.0331 e. The minimum absolute atomic E-state index is 0. The van der Waals surface area contributed by atoms with Gasteiger partial charge in [0.05, 0.1) is 0 Å². The molecule has 3 heterocycles. The van der Waals surface area contributed by atoms with Crippen molar-refractivity contribution >= 4 is 23.7 Å². The maximum Gasteiger partial charge on any atom is 0.0331 e. The maximum absolute atomic E-state index is 3.49. The molecule has 0 saturated carbocycles. The second-order valence-corrected chi connectivity index (χ2v) is 6.57. The van der Waals surface area contributed by atoms with Crippen molar-refractivity contribution in [1.82, 2.24) is 10.2 Å². The molecule has 1 saturated heterocycles. The van der Waals surface area contributed by atoms with Gasteiger partial charge in [-0.1, -0.05) is 6.92 Å². The van der Waals surface area contributed by atoms with E-state index in [9.17, 15) is 0 Å². The number of fused-ring (bicyclic) bond motifs is 1. The molecule has 0 aliphatic carbocycles. The van der Waals surface area contributed by atoms with Gasteiger partial charge in [-0.3, -0.25) is 4.90 Å². The molecule has 17 heavy (non-hydrogen) atoms. The van der Waals surface area contributed by atoms with Gasteiger partial charge in [0.2, 0.25) is 0 Å². The Hall–Kier alpha value is -0.0900. The van der Waals surface area contributed by atoms with Crippen molar-refractivity contribution in [2.45, 2.75) is 26.3 Å². The monoisotopic (exact) mass is 272 g/mol. The summed E-state index contributed by atoms with van der Waals surface area (Å²) >= 11 is 1.93. The molecule has 2 nitrogen and oxygen atoms in total. The summed E-state index contributed by atoms with van der Waals surface area (Å²) in [5, 5.41) is 5.74. The van der Waals surface area contributed by atoms with Gasteiger partial charge in [0.15, 0.2) is 0 Å². The van der Waals surface area contributed by atoms with E-state index in [1.54, 1.807) is 10.4 Å². The summed E-state index contributed by atoms with van der Waals surface area (Å²) in [6.07, 6.45) is 2.59. The van der Waals surface area contributed by atoms with Crippen molar-refractivity contribution in [3.8, 4) is 0 Å². The minimum Gasteiger partial charge on any atom is -0.316 e. The van der Waals surface area contributed by atoms with Crippen LogP contribution in [-0.2, 0) is 13.0 Å². The van der Waals surface area contributed by atoms with E-state index in [4.69, 9.17) is 0 Å². The molecule has 1 aromatic rings. The van der Waals surface area contributed by atoms with Crippen LogP contribution in [0.5, 0.6) is 0 Å². The lowest BCUT2D eigenvalue weighted by Crippen LogP contribution is -2.39. The van der Waals surface area contributed by atoms with Gasteiger partial charge in [0.25, 0.3) is 0 Å². The molecule has 1 N–H and O–H groups in total. The molecule has 3 rings (SSSR count). The lowest BCUT2D eigenvalue weighted by molar-refractivity contribution is 0.166. The molecule has 2 aliphatic heterocycles. The number of nitrogens with one attached hydrogen (secondary N) is 1. The van der Waals surface area contributed by atoms with Crippen LogP contribution in [0, 0.1) is 5.41 Å². The first-order chi connectivity index (χ1) is 7.75. The predicted octanol–water partition coefficient (Wildman–Crippen LogP) is 2.53. The second kappa shape index (κ2) is 5.27.